The second-order valence-electron chi connectivity index (χ2n) is 7.83. The van der Waals surface area contributed by atoms with Crippen LogP contribution in [0.25, 0.3) is 22.3 Å². The van der Waals surface area contributed by atoms with Gasteiger partial charge in [-0.25, -0.2) is 0 Å². The number of allylic oxidation sites excluding steroid dienone is 4. The van der Waals surface area contributed by atoms with E-state index in [1.807, 2.05) is 12.1 Å². The summed E-state index contributed by atoms with van der Waals surface area (Å²) in [5.41, 5.74) is 11.4. The molecule has 1 nitrogen and oxygen atoms in total. The number of ether oxygens (including phenoxy) is 1. The summed E-state index contributed by atoms with van der Waals surface area (Å²) in [6, 6.07) is 38.7. The summed E-state index contributed by atoms with van der Waals surface area (Å²) in [6.07, 6.45) is 0. The molecule has 0 saturated heterocycles. The van der Waals surface area contributed by atoms with Gasteiger partial charge in [0, 0.05) is 0 Å². The molecule has 0 unspecified atom stereocenters. The van der Waals surface area contributed by atoms with Crippen LogP contribution in [0.15, 0.2) is 109 Å². The van der Waals surface area contributed by atoms with Gasteiger partial charge in [0.1, 0.15) is 5.75 Å². The average molecular weight is 401 g/mol. The largest absolute Gasteiger partial charge is 0.497 e. The molecule has 0 bridgehead atoms. The summed E-state index contributed by atoms with van der Waals surface area (Å²) in [5, 5.41) is 0. The molecule has 0 atom stereocenters. The van der Waals surface area contributed by atoms with E-state index in [1.165, 1.54) is 50.1 Å². The highest BCUT2D eigenvalue weighted by atomic mass is 16.5. The molecule has 1 heteroatoms. The van der Waals surface area contributed by atoms with Crippen molar-refractivity contribution in [2.24, 2.45) is 0 Å². The van der Waals surface area contributed by atoms with Crippen molar-refractivity contribution >= 4 is 22.3 Å². The SMILES string of the molecule is COc1ccc(C2=C(c3ccccc3)C(c3ccc(C)cc3)=C2c2ccccc2)cc1. The van der Waals surface area contributed by atoms with Crippen LogP contribution in [0.2, 0.25) is 0 Å². The molecule has 0 N–H and O–H groups in total. The van der Waals surface area contributed by atoms with Crippen LogP contribution in [0.1, 0.15) is 27.8 Å². The Morgan fingerprint density at radius 1 is 0.419 bits per heavy atom. The fourth-order valence-corrected chi connectivity index (χ4v) is 4.28. The first kappa shape index (κ1) is 19.1. The summed E-state index contributed by atoms with van der Waals surface area (Å²) in [6.45, 7) is 2.13. The molecule has 5 rings (SSSR count). The Kier molecular flexibility index (Phi) is 5.01. The molecule has 4 aromatic rings. The fraction of sp³-hybridized carbons (Fsp3) is 0.0667. The molecule has 4 aromatic carbocycles. The third-order valence-electron chi connectivity index (χ3n) is 5.84. The maximum Gasteiger partial charge on any atom is 0.118 e. The molecule has 1 aliphatic carbocycles. The molecule has 0 saturated carbocycles. The summed E-state index contributed by atoms with van der Waals surface area (Å²) in [4.78, 5) is 0. The van der Waals surface area contributed by atoms with Crippen LogP contribution in [-0.4, -0.2) is 7.11 Å². The van der Waals surface area contributed by atoms with Gasteiger partial charge in [-0.2, -0.15) is 0 Å². The van der Waals surface area contributed by atoms with Crippen molar-refractivity contribution in [3.63, 3.8) is 0 Å². The summed E-state index contributed by atoms with van der Waals surface area (Å²) < 4.78 is 5.40. The van der Waals surface area contributed by atoms with E-state index in [4.69, 9.17) is 4.74 Å². The van der Waals surface area contributed by atoms with Gasteiger partial charge in [0.2, 0.25) is 0 Å². The summed E-state index contributed by atoms with van der Waals surface area (Å²) >= 11 is 0. The predicted octanol–water partition coefficient (Wildman–Crippen LogP) is 7.54. The second kappa shape index (κ2) is 8.12. The highest BCUT2D eigenvalue weighted by Gasteiger charge is 2.32. The van der Waals surface area contributed by atoms with Crippen molar-refractivity contribution in [1.82, 2.24) is 0 Å². The number of hydrogen-bond acceptors (Lipinski definition) is 1. The zero-order valence-electron chi connectivity index (χ0n) is 17.8. The third kappa shape index (κ3) is 3.49. The fourth-order valence-electron chi connectivity index (χ4n) is 4.28. The van der Waals surface area contributed by atoms with Crippen LogP contribution in [0.4, 0.5) is 0 Å². The lowest BCUT2D eigenvalue weighted by Crippen LogP contribution is -2.10. The molecule has 31 heavy (non-hydrogen) atoms. The smallest absolute Gasteiger partial charge is 0.118 e. The maximum atomic E-state index is 5.40. The van der Waals surface area contributed by atoms with Crippen LogP contribution < -0.4 is 4.74 Å². The van der Waals surface area contributed by atoms with Crippen molar-refractivity contribution in [1.29, 1.82) is 0 Å². The Bertz CT molecular complexity index is 1260. The minimum absolute atomic E-state index is 0.869. The Balaban J connectivity index is 1.77. The highest BCUT2D eigenvalue weighted by Crippen LogP contribution is 2.56. The van der Waals surface area contributed by atoms with E-state index in [0.29, 0.717) is 0 Å². The molecule has 0 radical (unpaired) electrons. The van der Waals surface area contributed by atoms with E-state index in [0.717, 1.165) is 5.75 Å². The molecule has 0 fully saturated rings. The minimum atomic E-state index is 0.869. The molecular formula is C30H24O. The maximum absolute atomic E-state index is 5.40. The Hall–Kier alpha value is -3.84. The molecule has 0 heterocycles. The van der Waals surface area contributed by atoms with Gasteiger partial charge < -0.3 is 4.74 Å². The minimum Gasteiger partial charge on any atom is -0.497 e. The molecule has 0 amide bonds. The van der Waals surface area contributed by atoms with Gasteiger partial charge in [-0.1, -0.05) is 103 Å². The Morgan fingerprint density at radius 2 is 0.774 bits per heavy atom. The summed E-state index contributed by atoms with van der Waals surface area (Å²) in [7, 11) is 1.71. The number of methoxy groups -OCH3 is 1. The quantitative estimate of drug-likeness (QED) is 0.336. The number of hydrogen-bond donors (Lipinski definition) is 0. The predicted molar refractivity (Wildman–Crippen MR) is 131 cm³/mol. The van der Waals surface area contributed by atoms with E-state index in [9.17, 15) is 0 Å². The second-order valence-corrected chi connectivity index (χ2v) is 7.83. The van der Waals surface area contributed by atoms with E-state index < -0.39 is 0 Å². The first-order chi connectivity index (χ1) is 15.3. The van der Waals surface area contributed by atoms with E-state index in [2.05, 4.69) is 104 Å². The van der Waals surface area contributed by atoms with E-state index in [-0.39, 0.29) is 0 Å². The highest BCUT2D eigenvalue weighted by molar-refractivity contribution is 6.43. The van der Waals surface area contributed by atoms with Gasteiger partial charge in [-0.3, -0.25) is 0 Å². The van der Waals surface area contributed by atoms with Crippen molar-refractivity contribution in [3.05, 3.63) is 137 Å². The van der Waals surface area contributed by atoms with Gasteiger partial charge in [0.25, 0.3) is 0 Å². The van der Waals surface area contributed by atoms with E-state index >= 15 is 0 Å². The molecule has 150 valence electrons. The molecule has 0 spiro atoms. The molecule has 0 aliphatic heterocycles. The van der Waals surface area contributed by atoms with Crippen molar-refractivity contribution in [2.75, 3.05) is 7.11 Å². The monoisotopic (exact) mass is 400 g/mol. The van der Waals surface area contributed by atoms with Gasteiger partial charge in [-0.05, 0) is 63.6 Å². The lowest BCUT2D eigenvalue weighted by molar-refractivity contribution is 0.415. The zero-order chi connectivity index (χ0) is 21.2. The average Bonchev–Trinajstić information content (AvgIpc) is 2.82. The van der Waals surface area contributed by atoms with Crippen LogP contribution >= 0.6 is 0 Å². The third-order valence-corrected chi connectivity index (χ3v) is 5.84. The van der Waals surface area contributed by atoms with Gasteiger partial charge in [0.15, 0.2) is 0 Å². The lowest BCUT2D eigenvalue weighted by Gasteiger charge is -2.33. The number of aryl methyl sites for hydroxylation is 1. The van der Waals surface area contributed by atoms with Crippen molar-refractivity contribution in [2.45, 2.75) is 6.92 Å². The lowest BCUT2D eigenvalue weighted by atomic mass is 9.69. The normalized spacial score (nSPS) is 13.2. The molecular weight excluding hydrogens is 376 g/mol. The van der Waals surface area contributed by atoms with Gasteiger partial charge in [0.05, 0.1) is 7.11 Å². The van der Waals surface area contributed by atoms with Crippen molar-refractivity contribution < 1.29 is 4.74 Å². The molecule has 0 aromatic heterocycles. The Morgan fingerprint density at radius 3 is 1.16 bits per heavy atom. The van der Waals surface area contributed by atoms with Crippen LogP contribution in [0, 0.1) is 6.92 Å². The van der Waals surface area contributed by atoms with Crippen LogP contribution in [-0.2, 0) is 0 Å². The van der Waals surface area contributed by atoms with Crippen LogP contribution in [0.5, 0.6) is 5.75 Å². The first-order valence-electron chi connectivity index (χ1n) is 10.6. The van der Waals surface area contributed by atoms with Gasteiger partial charge in [-0.15, -0.1) is 0 Å². The number of benzene rings is 4. The number of rotatable bonds is 5. The topological polar surface area (TPSA) is 9.23 Å². The first-order valence-corrected chi connectivity index (χ1v) is 10.6. The summed E-state index contributed by atoms with van der Waals surface area (Å²) in [5.74, 6) is 0.869. The van der Waals surface area contributed by atoms with Gasteiger partial charge >= 0.3 is 0 Å². The Labute approximate surface area is 184 Å². The molecule has 1 aliphatic rings. The van der Waals surface area contributed by atoms with Crippen LogP contribution in [0.3, 0.4) is 0 Å². The van der Waals surface area contributed by atoms with E-state index in [1.54, 1.807) is 7.11 Å². The van der Waals surface area contributed by atoms with Crippen molar-refractivity contribution in [3.8, 4) is 5.75 Å². The zero-order valence-corrected chi connectivity index (χ0v) is 17.8. The standard InChI is InChI=1S/C30H24O/c1-21-13-15-24(16-14-21)29-27(22-9-5-3-6-10-22)30(25-17-19-26(31-2)20-18-25)28(29)23-11-7-4-8-12-23/h3-20H,1-2H3.